The Morgan fingerprint density at radius 3 is 2.61 bits per heavy atom. The number of rotatable bonds is 6. The van der Waals surface area contributed by atoms with Crippen LogP contribution < -0.4 is 10.6 Å². The van der Waals surface area contributed by atoms with E-state index in [9.17, 15) is 14.4 Å². The van der Waals surface area contributed by atoms with Gasteiger partial charge < -0.3 is 20.3 Å². The lowest BCUT2D eigenvalue weighted by Crippen LogP contribution is -2.58. The van der Waals surface area contributed by atoms with Gasteiger partial charge >= 0.3 is 0 Å². The van der Waals surface area contributed by atoms with Gasteiger partial charge in [-0.15, -0.1) is 0 Å². The Kier molecular flexibility index (Phi) is 5.62. The van der Waals surface area contributed by atoms with E-state index >= 15 is 0 Å². The zero-order chi connectivity index (χ0) is 23.3. The molecular formula is C24H31N5O4. The minimum absolute atomic E-state index is 0.0377. The van der Waals surface area contributed by atoms with Crippen molar-refractivity contribution in [1.82, 2.24) is 20.2 Å². The number of hydrogen-bond donors (Lipinski definition) is 2. The van der Waals surface area contributed by atoms with Gasteiger partial charge in [-0.05, 0) is 50.0 Å². The number of aryl methyl sites for hydroxylation is 1. The molecule has 2 saturated heterocycles. The number of carbonyl (C=O) groups excluding carboxylic acids is 3. The Balaban J connectivity index is 1.36. The molecule has 9 heteroatoms. The van der Waals surface area contributed by atoms with Crippen LogP contribution in [0.15, 0.2) is 30.0 Å². The van der Waals surface area contributed by atoms with Crippen LogP contribution in [0.2, 0.25) is 0 Å². The molecule has 1 saturated carbocycles. The van der Waals surface area contributed by atoms with Crippen LogP contribution in [-0.4, -0.2) is 71.7 Å². The summed E-state index contributed by atoms with van der Waals surface area (Å²) in [5, 5.41) is 10.0. The molecular weight excluding hydrogens is 422 g/mol. The fourth-order valence-corrected chi connectivity index (χ4v) is 4.77. The predicted molar refractivity (Wildman–Crippen MR) is 122 cm³/mol. The summed E-state index contributed by atoms with van der Waals surface area (Å²) in [4.78, 5) is 39.6. The van der Waals surface area contributed by atoms with Gasteiger partial charge in [-0.3, -0.25) is 19.4 Å². The summed E-state index contributed by atoms with van der Waals surface area (Å²) in [6, 6.07) is 5.91. The number of piperazine rings is 1. The highest BCUT2D eigenvalue weighted by molar-refractivity contribution is 5.96. The molecule has 0 aromatic heterocycles. The van der Waals surface area contributed by atoms with Crippen LogP contribution in [0.5, 0.6) is 0 Å². The highest BCUT2D eigenvalue weighted by Crippen LogP contribution is 2.40. The molecule has 0 spiro atoms. The molecule has 2 N–H and O–H groups in total. The summed E-state index contributed by atoms with van der Waals surface area (Å²) in [5.41, 5.74) is 3.42. The van der Waals surface area contributed by atoms with Crippen LogP contribution >= 0.6 is 0 Å². The number of ether oxygens (including phenoxy) is 1. The lowest BCUT2D eigenvalue weighted by molar-refractivity contribution is -0.148. The maximum absolute atomic E-state index is 13.3. The number of benzene rings is 1. The van der Waals surface area contributed by atoms with Crippen molar-refractivity contribution in [2.45, 2.75) is 51.3 Å². The quantitative estimate of drug-likeness (QED) is 0.679. The largest absolute Gasteiger partial charge is 0.368 e. The molecule has 3 unspecified atom stereocenters. The maximum Gasteiger partial charge on any atom is 0.272 e. The summed E-state index contributed by atoms with van der Waals surface area (Å²) in [7, 11) is 1.97. The van der Waals surface area contributed by atoms with Crippen molar-refractivity contribution in [3.05, 3.63) is 41.1 Å². The van der Waals surface area contributed by atoms with Crippen molar-refractivity contribution in [2.24, 2.45) is 5.92 Å². The smallest absolute Gasteiger partial charge is 0.272 e. The van der Waals surface area contributed by atoms with Crippen LogP contribution in [0.4, 0.5) is 5.69 Å². The van der Waals surface area contributed by atoms with E-state index in [4.69, 9.17) is 4.74 Å². The first kappa shape index (κ1) is 21.9. The van der Waals surface area contributed by atoms with Gasteiger partial charge in [0.15, 0.2) is 0 Å². The second-order valence-corrected chi connectivity index (χ2v) is 9.49. The van der Waals surface area contributed by atoms with Crippen molar-refractivity contribution in [1.29, 1.82) is 0 Å². The first-order valence-corrected chi connectivity index (χ1v) is 11.7. The normalized spacial score (nSPS) is 27.1. The number of anilines is 1. The lowest BCUT2D eigenvalue weighted by atomic mass is 10.0. The van der Waals surface area contributed by atoms with Gasteiger partial charge in [0.05, 0.1) is 25.4 Å². The maximum atomic E-state index is 13.3. The van der Waals surface area contributed by atoms with Gasteiger partial charge in [0.25, 0.3) is 11.8 Å². The Morgan fingerprint density at radius 2 is 1.94 bits per heavy atom. The lowest BCUT2D eigenvalue weighted by Gasteiger charge is -2.44. The minimum atomic E-state index is -0.397. The van der Waals surface area contributed by atoms with Crippen molar-refractivity contribution in [2.75, 3.05) is 32.2 Å². The Labute approximate surface area is 193 Å². The van der Waals surface area contributed by atoms with Gasteiger partial charge in [-0.2, -0.15) is 0 Å². The number of hydrogen-bond acceptors (Lipinski definition) is 6. The van der Waals surface area contributed by atoms with E-state index in [-0.39, 0.29) is 42.4 Å². The highest BCUT2D eigenvalue weighted by Gasteiger charge is 2.43. The Morgan fingerprint density at radius 1 is 1.18 bits per heavy atom. The molecule has 0 radical (unpaired) electrons. The third-order valence-corrected chi connectivity index (χ3v) is 6.88. The molecule has 1 aliphatic carbocycles. The summed E-state index contributed by atoms with van der Waals surface area (Å²) in [6.07, 6.45) is 4.17. The third-order valence-electron chi connectivity index (χ3n) is 6.88. The molecule has 33 heavy (non-hydrogen) atoms. The molecule has 176 valence electrons. The molecule has 3 fully saturated rings. The second-order valence-electron chi connectivity index (χ2n) is 9.49. The van der Waals surface area contributed by atoms with Crippen molar-refractivity contribution >= 4 is 23.4 Å². The fourth-order valence-electron chi connectivity index (χ4n) is 4.77. The molecule has 5 rings (SSSR count). The first-order valence-electron chi connectivity index (χ1n) is 11.7. The molecule has 1 aromatic rings. The average Bonchev–Trinajstić information content (AvgIpc) is 3.52. The number of fused-ring (bicyclic) bond motifs is 1. The van der Waals surface area contributed by atoms with Crippen molar-refractivity contribution in [3.8, 4) is 0 Å². The minimum Gasteiger partial charge on any atom is -0.368 e. The van der Waals surface area contributed by atoms with Crippen LogP contribution in [0.1, 0.15) is 43.4 Å². The zero-order valence-electron chi connectivity index (χ0n) is 19.3. The van der Waals surface area contributed by atoms with Gasteiger partial charge in [0.1, 0.15) is 11.8 Å². The number of nitrogens with zero attached hydrogens (tertiary/aromatic N) is 3. The number of likely N-dealkylation sites (N-methyl/N-ethyl adjacent to an activating group) is 1. The van der Waals surface area contributed by atoms with E-state index in [1.807, 2.05) is 43.3 Å². The molecule has 3 amide bonds. The number of nitrogens with one attached hydrogen (secondary N) is 2. The topological polar surface area (TPSA) is 94.2 Å². The van der Waals surface area contributed by atoms with Crippen LogP contribution in [0, 0.1) is 12.8 Å². The third kappa shape index (κ3) is 4.11. The number of amides is 3. The summed E-state index contributed by atoms with van der Waals surface area (Å²) in [6.45, 7) is 5.33. The monoisotopic (exact) mass is 453 g/mol. The summed E-state index contributed by atoms with van der Waals surface area (Å²) >= 11 is 0. The molecule has 0 bridgehead atoms. The van der Waals surface area contributed by atoms with E-state index in [2.05, 4.69) is 22.6 Å². The van der Waals surface area contributed by atoms with Gasteiger partial charge in [0.2, 0.25) is 5.91 Å². The van der Waals surface area contributed by atoms with E-state index in [0.29, 0.717) is 18.8 Å². The van der Waals surface area contributed by atoms with E-state index in [1.54, 1.807) is 4.90 Å². The molecule has 9 nitrogen and oxygen atoms in total. The van der Waals surface area contributed by atoms with Gasteiger partial charge in [0, 0.05) is 31.6 Å². The second kappa shape index (κ2) is 8.46. The fraction of sp³-hybridized carbons (Fsp3) is 0.542. The summed E-state index contributed by atoms with van der Waals surface area (Å²) < 4.78 is 5.22. The average molecular weight is 454 g/mol. The Bertz CT molecular complexity index is 1020. The summed E-state index contributed by atoms with van der Waals surface area (Å²) in [5.74, 6) is -0.113. The number of hydrazine groups is 1. The predicted octanol–water partition coefficient (Wildman–Crippen LogP) is 1.52. The standard InChI is InChI=1S/C24H31N5O4/c1-14-4-7-17(18(10-14)26-22(30)16-5-6-16)19-11-20-24(32)28(12-15(2)29(20)27(19)3)13-25-23(31)21-8-9-33-21/h4,7,10-11,15-16,19,21H,5-6,8-9,12-13H2,1-3H3,(H,25,31)(H,26,30). The first-order chi connectivity index (χ1) is 15.8. The van der Waals surface area contributed by atoms with E-state index < -0.39 is 6.10 Å². The van der Waals surface area contributed by atoms with Crippen molar-refractivity contribution in [3.63, 3.8) is 0 Å². The molecule has 4 aliphatic rings. The molecule has 3 aliphatic heterocycles. The zero-order valence-corrected chi connectivity index (χ0v) is 19.3. The van der Waals surface area contributed by atoms with Crippen LogP contribution in [-0.2, 0) is 19.1 Å². The number of carbonyl (C=O) groups is 3. The van der Waals surface area contributed by atoms with E-state index in [0.717, 1.165) is 36.1 Å². The highest BCUT2D eigenvalue weighted by atomic mass is 16.5. The van der Waals surface area contributed by atoms with Crippen LogP contribution in [0.3, 0.4) is 0 Å². The van der Waals surface area contributed by atoms with Crippen molar-refractivity contribution < 1.29 is 19.1 Å². The van der Waals surface area contributed by atoms with Gasteiger partial charge in [-0.1, -0.05) is 12.1 Å². The van der Waals surface area contributed by atoms with Gasteiger partial charge in [-0.25, -0.2) is 5.01 Å². The Hall–Kier alpha value is -2.91. The molecule has 3 atom stereocenters. The van der Waals surface area contributed by atoms with E-state index in [1.165, 1.54) is 0 Å². The molecule has 3 heterocycles. The SMILES string of the molecule is Cc1ccc(C2C=C3C(=O)N(CNC(=O)C4CCO4)CC(C)N3N2C)c(NC(=O)C2CC2)c1. The molecule has 1 aromatic carbocycles. The van der Waals surface area contributed by atoms with Crippen LogP contribution in [0.25, 0.3) is 0 Å².